The van der Waals surface area contributed by atoms with Crippen LogP contribution >= 0.6 is 0 Å². The van der Waals surface area contributed by atoms with Gasteiger partial charge in [0.25, 0.3) is 5.91 Å². The summed E-state index contributed by atoms with van der Waals surface area (Å²) in [6.07, 6.45) is 0.820. The van der Waals surface area contributed by atoms with Crippen LogP contribution in [0, 0.1) is 0 Å². The van der Waals surface area contributed by atoms with Gasteiger partial charge in [0.1, 0.15) is 0 Å². The van der Waals surface area contributed by atoms with E-state index in [4.69, 9.17) is 5.11 Å². The van der Waals surface area contributed by atoms with Gasteiger partial charge in [-0.15, -0.1) is 0 Å². The first-order valence-corrected chi connectivity index (χ1v) is 8.60. The molecule has 3 N–H and O–H groups in total. The van der Waals surface area contributed by atoms with Crippen molar-refractivity contribution >= 4 is 27.6 Å². The van der Waals surface area contributed by atoms with E-state index in [1.54, 1.807) is 25.1 Å². The molecule has 0 fully saturated rings. The summed E-state index contributed by atoms with van der Waals surface area (Å²) in [5.74, 6) is -1.28. The van der Waals surface area contributed by atoms with Gasteiger partial charge in [-0.2, -0.15) is 0 Å². The minimum atomic E-state index is -3.40. The number of hydrogen-bond donors (Lipinski definition) is 3. The van der Waals surface area contributed by atoms with Gasteiger partial charge in [0, 0.05) is 24.2 Å². The highest BCUT2D eigenvalue weighted by Crippen LogP contribution is 2.13. The largest absolute Gasteiger partial charge is 0.481 e. The molecule has 1 aromatic rings. The number of anilines is 1. The second-order valence-electron chi connectivity index (χ2n) is 4.75. The predicted octanol–water partition coefficient (Wildman–Crippen LogP) is 1.43. The molecule has 0 saturated heterocycles. The average molecular weight is 328 g/mol. The van der Waals surface area contributed by atoms with Crippen molar-refractivity contribution in [2.75, 3.05) is 17.0 Å². The molecule has 0 bridgehead atoms. The molecule has 122 valence electrons. The summed E-state index contributed by atoms with van der Waals surface area (Å²) < 4.78 is 25.8. The van der Waals surface area contributed by atoms with E-state index in [1.165, 1.54) is 6.07 Å². The number of sulfonamides is 1. The van der Waals surface area contributed by atoms with E-state index < -0.39 is 16.0 Å². The maximum Gasteiger partial charge on any atom is 0.303 e. The van der Waals surface area contributed by atoms with Gasteiger partial charge in [-0.1, -0.05) is 13.0 Å². The molecule has 1 amide bonds. The number of hydrogen-bond acceptors (Lipinski definition) is 4. The average Bonchev–Trinajstić information content (AvgIpc) is 2.42. The van der Waals surface area contributed by atoms with Crippen molar-refractivity contribution in [2.24, 2.45) is 0 Å². The normalized spacial score (nSPS) is 11.0. The monoisotopic (exact) mass is 328 g/mol. The first-order chi connectivity index (χ1) is 10.3. The molecule has 0 aromatic heterocycles. The van der Waals surface area contributed by atoms with Gasteiger partial charge in [-0.05, 0) is 31.0 Å². The molecule has 0 aliphatic carbocycles. The highest BCUT2D eigenvalue weighted by atomic mass is 32.2. The van der Waals surface area contributed by atoms with Gasteiger partial charge < -0.3 is 10.4 Å². The predicted molar refractivity (Wildman–Crippen MR) is 83.3 cm³/mol. The molecular weight excluding hydrogens is 308 g/mol. The lowest BCUT2D eigenvalue weighted by molar-refractivity contribution is -0.137. The van der Waals surface area contributed by atoms with E-state index >= 15 is 0 Å². The molecule has 0 heterocycles. The lowest BCUT2D eigenvalue weighted by Crippen LogP contribution is -2.25. The Morgan fingerprint density at radius 2 is 2.00 bits per heavy atom. The van der Waals surface area contributed by atoms with E-state index in [0.29, 0.717) is 24.1 Å². The summed E-state index contributed by atoms with van der Waals surface area (Å²) >= 11 is 0. The molecule has 1 rings (SSSR count). The van der Waals surface area contributed by atoms with Crippen LogP contribution in [-0.4, -0.2) is 37.7 Å². The van der Waals surface area contributed by atoms with Gasteiger partial charge in [-0.3, -0.25) is 14.3 Å². The summed E-state index contributed by atoms with van der Waals surface area (Å²) in [4.78, 5) is 22.3. The molecule has 0 spiro atoms. The summed E-state index contributed by atoms with van der Waals surface area (Å²) in [5.41, 5.74) is 0.638. The summed E-state index contributed by atoms with van der Waals surface area (Å²) in [5, 5.41) is 11.1. The third kappa shape index (κ3) is 6.57. The topological polar surface area (TPSA) is 113 Å². The van der Waals surface area contributed by atoms with Crippen molar-refractivity contribution in [3.63, 3.8) is 0 Å². The van der Waals surface area contributed by atoms with E-state index in [9.17, 15) is 18.0 Å². The lowest BCUT2D eigenvalue weighted by Gasteiger charge is -2.09. The Bertz CT molecular complexity index is 628. The van der Waals surface area contributed by atoms with Gasteiger partial charge in [0.05, 0.1) is 5.75 Å². The van der Waals surface area contributed by atoms with E-state index in [-0.39, 0.29) is 24.6 Å². The third-order valence-electron chi connectivity index (χ3n) is 2.72. The third-order valence-corrected chi connectivity index (χ3v) is 4.22. The van der Waals surface area contributed by atoms with Gasteiger partial charge in [0.15, 0.2) is 0 Å². The number of benzene rings is 1. The fraction of sp³-hybridized carbons (Fsp3) is 0.429. The minimum Gasteiger partial charge on any atom is -0.481 e. The number of aliphatic carboxylic acids is 1. The molecule has 0 unspecified atom stereocenters. The number of nitrogens with one attached hydrogen (secondary N) is 2. The Labute approximate surface area is 129 Å². The number of amides is 1. The second-order valence-corrected chi connectivity index (χ2v) is 6.60. The molecular formula is C14H20N2O5S. The Morgan fingerprint density at radius 3 is 2.64 bits per heavy atom. The fourth-order valence-corrected chi connectivity index (χ4v) is 2.89. The first-order valence-electron chi connectivity index (χ1n) is 6.94. The number of carboxylic acids is 1. The van der Waals surface area contributed by atoms with Crippen molar-refractivity contribution in [1.82, 2.24) is 5.32 Å². The Morgan fingerprint density at radius 1 is 1.27 bits per heavy atom. The molecule has 0 atom stereocenters. The Kier molecular flexibility index (Phi) is 6.84. The standard InChI is InChI=1S/C14H20N2O5S/c1-2-9-22(20,21)16-12-6-3-5-11(10-12)14(19)15-8-4-7-13(17)18/h3,5-6,10,16H,2,4,7-9H2,1H3,(H,15,19)(H,17,18). The van der Waals surface area contributed by atoms with Crippen molar-refractivity contribution in [2.45, 2.75) is 26.2 Å². The first kappa shape index (κ1) is 18.0. The molecule has 0 saturated carbocycles. The van der Waals surface area contributed by atoms with Crippen molar-refractivity contribution in [3.05, 3.63) is 29.8 Å². The zero-order valence-corrected chi connectivity index (χ0v) is 13.1. The van der Waals surface area contributed by atoms with Crippen LogP contribution < -0.4 is 10.0 Å². The summed E-state index contributed by atoms with van der Waals surface area (Å²) in [7, 11) is -3.40. The van der Waals surface area contributed by atoms with Crippen LogP contribution in [-0.2, 0) is 14.8 Å². The molecule has 1 aromatic carbocycles. The zero-order valence-electron chi connectivity index (χ0n) is 12.3. The van der Waals surface area contributed by atoms with Crippen LogP contribution in [0.3, 0.4) is 0 Å². The van der Waals surface area contributed by atoms with Crippen LogP contribution in [0.4, 0.5) is 5.69 Å². The molecule has 0 aliphatic heterocycles. The van der Waals surface area contributed by atoms with E-state index in [2.05, 4.69) is 10.0 Å². The van der Waals surface area contributed by atoms with Crippen LogP contribution in [0.15, 0.2) is 24.3 Å². The Balaban J connectivity index is 2.63. The molecule has 0 aliphatic rings. The molecule has 0 radical (unpaired) electrons. The summed E-state index contributed by atoms with van der Waals surface area (Å²) in [6.45, 7) is 2.01. The highest BCUT2D eigenvalue weighted by Gasteiger charge is 2.11. The maximum absolute atomic E-state index is 11.9. The molecule has 8 heteroatoms. The maximum atomic E-state index is 11.9. The number of rotatable bonds is 9. The van der Waals surface area contributed by atoms with Crippen molar-refractivity contribution < 1.29 is 23.1 Å². The van der Waals surface area contributed by atoms with Crippen molar-refractivity contribution in [3.8, 4) is 0 Å². The number of carbonyl (C=O) groups excluding carboxylic acids is 1. The Hall–Kier alpha value is -2.09. The highest BCUT2D eigenvalue weighted by molar-refractivity contribution is 7.92. The molecule has 22 heavy (non-hydrogen) atoms. The number of carbonyl (C=O) groups is 2. The van der Waals surface area contributed by atoms with Crippen LogP contribution in [0.25, 0.3) is 0 Å². The van der Waals surface area contributed by atoms with Gasteiger partial charge in [0.2, 0.25) is 10.0 Å². The van der Waals surface area contributed by atoms with Crippen LogP contribution in [0.5, 0.6) is 0 Å². The number of carboxylic acid groups (broad SMARTS) is 1. The SMILES string of the molecule is CCCS(=O)(=O)Nc1cccc(C(=O)NCCCC(=O)O)c1. The summed E-state index contributed by atoms with van der Waals surface area (Å²) in [6, 6.07) is 6.15. The van der Waals surface area contributed by atoms with E-state index in [1.807, 2.05) is 0 Å². The molecule has 7 nitrogen and oxygen atoms in total. The zero-order chi connectivity index (χ0) is 16.6. The van der Waals surface area contributed by atoms with Crippen molar-refractivity contribution in [1.29, 1.82) is 0 Å². The van der Waals surface area contributed by atoms with Crippen LogP contribution in [0.2, 0.25) is 0 Å². The minimum absolute atomic E-state index is 0.0125. The fourth-order valence-electron chi connectivity index (χ4n) is 1.77. The lowest BCUT2D eigenvalue weighted by atomic mass is 10.2. The van der Waals surface area contributed by atoms with E-state index in [0.717, 1.165) is 0 Å². The smallest absolute Gasteiger partial charge is 0.303 e. The van der Waals surface area contributed by atoms with Gasteiger partial charge >= 0.3 is 5.97 Å². The van der Waals surface area contributed by atoms with Crippen LogP contribution in [0.1, 0.15) is 36.5 Å². The van der Waals surface area contributed by atoms with Gasteiger partial charge in [-0.25, -0.2) is 8.42 Å². The second kappa shape index (κ2) is 8.38. The quantitative estimate of drug-likeness (QED) is 0.594.